The summed E-state index contributed by atoms with van der Waals surface area (Å²) in [6, 6.07) is 14.1. The number of carbonyl (C=O) groups is 1. The maximum absolute atomic E-state index is 11.9. The molecule has 1 aliphatic rings. The lowest BCUT2D eigenvalue weighted by Gasteiger charge is -2.16. The molecule has 2 N–H and O–H groups in total. The zero-order valence-corrected chi connectivity index (χ0v) is 17.2. The van der Waals surface area contributed by atoms with Crippen molar-refractivity contribution in [3.05, 3.63) is 65.6 Å². The summed E-state index contributed by atoms with van der Waals surface area (Å²) in [6.45, 7) is 5.41. The molecule has 1 aromatic carbocycles. The Hall–Kier alpha value is -3.42. The molecule has 0 unspecified atom stereocenters. The topological polar surface area (TPSA) is 86.9 Å². The highest BCUT2D eigenvalue weighted by Crippen LogP contribution is 2.15. The van der Waals surface area contributed by atoms with Crippen molar-refractivity contribution < 1.29 is 4.79 Å². The van der Waals surface area contributed by atoms with Crippen LogP contribution in [0.15, 0.2) is 53.7 Å². The lowest BCUT2D eigenvalue weighted by atomic mass is 10.1. The number of carbonyl (C=O) groups excluding carboxylic acids is 1. The second-order valence-electron chi connectivity index (χ2n) is 7.33. The van der Waals surface area contributed by atoms with Crippen molar-refractivity contribution in [3.8, 4) is 0 Å². The van der Waals surface area contributed by atoms with Gasteiger partial charge in [-0.05, 0) is 36.6 Å². The molecule has 0 saturated carbocycles. The number of nitrogens with zero attached hydrogens (tertiary/aromatic N) is 5. The lowest BCUT2D eigenvalue weighted by Crippen LogP contribution is -2.37. The van der Waals surface area contributed by atoms with Gasteiger partial charge in [0, 0.05) is 32.3 Å². The van der Waals surface area contributed by atoms with Crippen LogP contribution in [0.4, 0.5) is 0 Å². The van der Waals surface area contributed by atoms with Gasteiger partial charge in [-0.1, -0.05) is 30.3 Å². The first kappa shape index (κ1) is 19.9. The Morgan fingerprint density at radius 3 is 2.87 bits per heavy atom. The molecule has 3 heterocycles. The molecule has 3 aromatic rings. The Balaban J connectivity index is 1.40. The molecule has 1 saturated heterocycles. The molecule has 4 rings (SSSR count). The Labute approximate surface area is 176 Å². The predicted octanol–water partition coefficient (Wildman–Crippen LogP) is 2.11. The Kier molecular flexibility index (Phi) is 6.22. The molecule has 1 fully saturated rings. The van der Waals surface area contributed by atoms with Crippen molar-refractivity contribution in [3.63, 3.8) is 0 Å². The molecule has 0 radical (unpaired) electrons. The van der Waals surface area contributed by atoms with Crippen molar-refractivity contribution in [1.29, 1.82) is 0 Å². The van der Waals surface area contributed by atoms with E-state index in [9.17, 15) is 4.79 Å². The van der Waals surface area contributed by atoms with E-state index in [4.69, 9.17) is 4.99 Å². The molecule has 156 valence electrons. The highest BCUT2D eigenvalue weighted by Gasteiger charge is 2.19. The number of aromatic nitrogens is 3. The molecule has 8 heteroatoms. The number of likely N-dealkylation sites (tertiary alicyclic amines) is 1. The number of rotatable bonds is 7. The number of aliphatic imine (C=N–C) groups is 1. The monoisotopic (exact) mass is 405 g/mol. The molecule has 0 bridgehead atoms. The smallest absolute Gasteiger partial charge is 0.222 e. The molecule has 0 atom stereocenters. The van der Waals surface area contributed by atoms with E-state index < -0.39 is 0 Å². The number of nitrogens with one attached hydrogen (secondary N) is 2. The van der Waals surface area contributed by atoms with Crippen LogP contribution in [0.5, 0.6) is 0 Å². The van der Waals surface area contributed by atoms with Crippen LogP contribution in [0.25, 0.3) is 5.65 Å². The SMILES string of the molecule is CCNC(=NCc1cccc(CN2CCCC2=O)c1)NCc1nnc2ccccn12. The molecule has 0 aliphatic carbocycles. The van der Waals surface area contributed by atoms with Gasteiger partial charge >= 0.3 is 0 Å². The van der Waals surface area contributed by atoms with Crippen LogP contribution < -0.4 is 10.6 Å². The third-order valence-corrected chi connectivity index (χ3v) is 5.10. The first-order valence-corrected chi connectivity index (χ1v) is 10.4. The number of guanidine groups is 1. The van der Waals surface area contributed by atoms with Crippen LogP contribution in [0.2, 0.25) is 0 Å². The van der Waals surface area contributed by atoms with Crippen LogP contribution in [0.3, 0.4) is 0 Å². The summed E-state index contributed by atoms with van der Waals surface area (Å²) >= 11 is 0. The molecule has 8 nitrogen and oxygen atoms in total. The fourth-order valence-corrected chi connectivity index (χ4v) is 3.60. The number of pyridine rings is 1. The maximum Gasteiger partial charge on any atom is 0.222 e. The van der Waals surface area contributed by atoms with Gasteiger partial charge < -0.3 is 15.5 Å². The van der Waals surface area contributed by atoms with Gasteiger partial charge in [0.1, 0.15) is 0 Å². The quantitative estimate of drug-likeness (QED) is 0.464. The second kappa shape index (κ2) is 9.39. The van der Waals surface area contributed by atoms with E-state index in [-0.39, 0.29) is 5.91 Å². The zero-order valence-electron chi connectivity index (χ0n) is 17.2. The highest BCUT2D eigenvalue weighted by atomic mass is 16.2. The van der Waals surface area contributed by atoms with E-state index in [2.05, 4.69) is 39.0 Å². The molecule has 1 amide bonds. The molecule has 0 spiro atoms. The largest absolute Gasteiger partial charge is 0.357 e. The lowest BCUT2D eigenvalue weighted by molar-refractivity contribution is -0.128. The average molecular weight is 406 g/mol. The normalized spacial score (nSPS) is 14.5. The molecule has 30 heavy (non-hydrogen) atoms. The Morgan fingerprint density at radius 1 is 1.13 bits per heavy atom. The van der Waals surface area contributed by atoms with Crippen LogP contribution in [-0.2, 0) is 24.4 Å². The van der Waals surface area contributed by atoms with Crippen LogP contribution in [-0.4, -0.2) is 44.5 Å². The fourth-order valence-electron chi connectivity index (χ4n) is 3.60. The fraction of sp³-hybridized carbons (Fsp3) is 0.364. The third-order valence-electron chi connectivity index (χ3n) is 5.10. The van der Waals surface area contributed by atoms with Crippen LogP contribution in [0.1, 0.15) is 36.7 Å². The second-order valence-corrected chi connectivity index (χ2v) is 7.33. The van der Waals surface area contributed by atoms with Gasteiger partial charge in [0.25, 0.3) is 0 Å². The van der Waals surface area contributed by atoms with Crippen molar-refractivity contribution in [2.24, 2.45) is 4.99 Å². The van der Waals surface area contributed by atoms with Gasteiger partial charge in [0.15, 0.2) is 17.4 Å². The van der Waals surface area contributed by atoms with Crippen molar-refractivity contribution in [1.82, 2.24) is 30.1 Å². The molecular weight excluding hydrogens is 378 g/mol. The van der Waals surface area contributed by atoms with Crippen molar-refractivity contribution in [2.45, 2.75) is 39.4 Å². The van der Waals surface area contributed by atoms with Gasteiger partial charge in [-0.3, -0.25) is 9.20 Å². The van der Waals surface area contributed by atoms with Gasteiger partial charge in [0.2, 0.25) is 5.91 Å². The van der Waals surface area contributed by atoms with E-state index in [0.29, 0.717) is 26.1 Å². The number of fused-ring (bicyclic) bond motifs is 1. The minimum absolute atomic E-state index is 0.248. The van der Waals surface area contributed by atoms with Crippen molar-refractivity contribution in [2.75, 3.05) is 13.1 Å². The van der Waals surface area contributed by atoms with Crippen LogP contribution in [0, 0.1) is 0 Å². The summed E-state index contributed by atoms with van der Waals surface area (Å²) in [4.78, 5) is 18.5. The number of amides is 1. The van der Waals surface area contributed by atoms with Crippen LogP contribution >= 0.6 is 0 Å². The first-order valence-electron chi connectivity index (χ1n) is 10.4. The summed E-state index contributed by atoms with van der Waals surface area (Å²) in [5.41, 5.74) is 3.08. The highest BCUT2D eigenvalue weighted by molar-refractivity contribution is 5.79. The summed E-state index contributed by atoms with van der Waals surface area (Å²) < 4.78 is 1.96. The minimum Gasteiger partial charge on any atom is -0.357 e. The van der Waals surface area contributed by atoms with Crippen molar-refractivity contribution >= 4 is 17.5 Å². The van der Waals surface area contributed by atoms with Gasteiger partial charge in [-0.15, -0.1) is 10.2 Å². The summed E-state index contributed by atoms with van der Waals surface area (Å²) in [6.07, 6.45) is 3.58. The third kappa shape index (κ3) is 4.76. The molecular formula is C22H27N7O. The first-order chi connectivity index (χ1) is 14.7. The Morgan fingerprint density at radius 2 is 2.03 bits per heavy atom. The van der Waals surface area contributed by atoms with E-state index in [0.717, 1.165) is 48.1 Å². The van der Waals surface area contributed by atoms with Gasteiger partial charge in [-0.2, -0.15) is 0 Å². The summed E-state index contributed by atoms with van der Waals surface area (Å²) in [7, 11) is 0. The summed E-state index contributed by atoms with van der Waals surface area (Å²) in [5, 5.41) is 15.0. The number of hydrogen-bond acceptors (Lipinski definition) is 4. The minimum atomic E-state index is 0.248. The molecule has 1 aliphatic heterocycles. The van der Waals surface area contributed by atoms with E-state index in [1.54, 1.807) is 0 Å². The zero-order chi connectivity index (χ0) is 20.8. The number of hydrogen-bond donors (Lipinski definition) is 2. The maximum atomic E-state index is 11.9. The van der Waals surface area contributed by atoms with E-state index in [1.807, 2.05) is 46.7 Å². The van der Waals surface area contributed by atoms with Gasteiger partial charge in [-0.25, -0.2) is 4.99 Å². The average Bonchev–Trinajstić information content (AvgIpc) is 3.36. The van der Waals surface area contributed by atoms with Gasteiger partial charge in [0.05, 0.1) is 13.1 Å². The van der Waals surface area contributed by atoms with E-state index in [1.165, 1.54) is 0 Å². The molecule has 2 aromatic heterocycles. The standard InChI is InChI=1S/C22H27N7O/c1-2-23-22(25-15-20-27-26-19-9-3-4-12-29(19)20)24-14-17-7-5-8-18(13-17)16-28-11-6-10-21(28)30/h3-5,7-9,12-13H,2,6,10-11,14-16H2,1H3,(H2,23,24,25). The van der Waals surface area contributed by atoms with E-state index >= 15 is 0 Å². The predicted molar refractivity (Wildman–Crippen MR) is 116 cm³/mol. The Bertz CT molecular complexity index is 1040. The summed E-state index contributed by atoms with van der Waals surface area (Å²) in [5.74, 6) is 1.80. The number of benzene rings is 1.